The summed E-state index contributed by atoms with van der Waals surface area (Å²) in [5.41, 5.74) is 3.62. The van der Waals surface area contributed by atoms with Crippen LogP contribution in [0.3, 0.4) is 0 Å². The number of aliphatic hydroxyl groups excluding tert-OH is 1. The summed E-state index contributed by atoms with van der Waals surface area (Å²) in [6.45, 7) is 8.10. The molecule has 0 saturated heterocycles. The summed E-state index contributed by atoms with van der Waals surface area (Å²) in [6.07, 6.45) is 4.17. The highest BCUT2D eigenvalue weighted by molar-refractivity contribution is 6.04. The van der Waals surface area contributed by atoms with E-state index < -0.39 is 0 Å². The van der Waals surface area contributed by atoms with Crippen LogP contribution in [-0.2, 0) is 11.8 Å². The third-order valence-electron chi connectivity index (χ3n) is 5.31. The van der Waals surface area contributed by atoms with E-state index in [1.165, 1.54) is 6.33 Å². The van der Waals surface area contributed by atoms with Crippen molar-refractivity contribution in [1.29, 1.82) is 0 Å². The fourth-order valence-electron chi connectivity index (χ4n) is 3.41. The summed E-state index contributed by atoms with van der Waals surface area (Å²) in [4.78, 5) is 34.6. The van der Waals surface area contributed by atoms with E-state index >= 15 is 0 Å². The van der Waals surface area contributed by atoms with Crippen molar-refractivity contribution in [2.75, 3.05) is 6.61 Å². The summed E-state index contributed by atoms with van der Waals surface area (Å²) in [7, 11) is 0. The highest BCUT2D eigenvalue weighted by Crippen LogP contribution is 2.30. The molecule has 0 spiro atoms. The molecule has 0 radical (unpaired) electrons. The predicted octanol–water partition coefficient (Wildman–Crippen LogP) is 3.34. The molecule has 0 saturated carbocycles. The molecule has 0 unspecified atom stereocenters. The quantitative estimate of drug-likeness (QED) is 0.440. The van der Waals surface area contributed by atoms with Crippen LogP contribution in [-0.4, -0.2) is 48.3 Å². The lowest BCUT2D eigenvalue weighted by Gasteiger charge is -2.16. The van der Waals surface area contributed by atoms with E-state index in [-0.39, 0.29) is 30.1 Å². The van der Waals surface area contributed by atoms with Crippen LogP contribution in [0.2, 0.25) is 0 Å². The van der Waals surface area contributed by atoms with Gasteiger partial charge in [0.2, 0.25) is 0 Å². The minimum atomic E-state index is -0.204. The fraction of sp³-hybridized carbons (Fsp3) is 0.400. The summed E-state index contributed by atoms with van der Waals surface area (Å²) in [6, 6.07) is 3.38. The van der Waals surface area contributed by atoms with E-state index in [0.29, 0.717) is 35.7 Å². The molecular weight excluding hydrogens is 432 g/mol. The molecule has 34 heavy (non-hydrogen) atoms. The molecule has 9 nitrogen and oxygen atoms in total. The van der Waals surface area contributed by atoms with Crippen LogP contribution in [0.1, 0.15) is 85.6 Å². The maximum atomic E-state index is 12.8. The first-order chi connectivity index (χ1) is 16.2. The van der Waals surface area contributed by atoms with Gasteiger partial charge in [-0.2, -0.15) is 0 Å². The molecule has 0 fully saturated rings. The number of carbonyl (C=O) groups excluding carboxylic acids is 1. The maximum Gasteiger partial charge on any atom is 0.182 e. The molecule has 1 aliphatic rings. The molecule has 1 N–H and O–H groups in total. The number of hydrogen-bond donors (Lipinski definition) is 1. The van der Waals surface area contributed by atoms with Crippen LogP contribution in [0.4, 0.5) is 5.69 Å². The molecule has 3 aromatic rings. The van der Waals surface area contributed by atoms with Gasteiger partial charge in [-0.05, 0) is 5.92 Å². The second-order valence-corrected chi connectivity index (χ2v) is 9.22. The van der Waals surface area contributed by atoms with Gasteiger partial charge in [0.05, 0.1) is 24.2 Å². The van der Waals surface area contributed by atoms with Gasteiger partial charge in [-0.25, -0.2) is 24.9 Å². The number of aliphatic imine (C=N–C) groups is 1. The first-order valence-corrected chi connectivity index (χ1v) is 11.1. The zero-order valence-electron chi connectivity index (χ0n) is 19.7. The fourth-order valence-corrected chi connectivity index (χ4v) is 3.41. The zero-order valence-corrected chi connectivity index (χ0v) is 19.7. The van der Waals surface area contributed by atoms with Crippen molar-refractivity contribution >= 4 is 17.2 Å². The number of rotatable bonds is 6. The monoisotopic (exact) mass is 458 g/mol. The zero-order chi connectivity index (χ0) is 24.3. The smallest absolute Gasteiger partial charge is 0.182 e. The Kier molecular flexibility index (Phi) is 6.61. The number of aliphatic hydroxyl groups is 1. The third-order valence-corrected chi connectivity index (χ3v) is 5.31. The molecule has 4 heterocycles. The Morgan fingerprint density at radius 2 is 2.06 bits per heavy atom. The minimum Gasteiger partial charge on any atom is -0.395 e. The average molecular weight is 459 g/mol. The van der Waals surface area contributed by atoms with Crippen molar-refractivity contribution in [1.82, 2.24) is 25.1 Å². The van der Waals surface area contributed by atoms with E-state index in [1.807, 2.05) is 13.0 Å². The molecule has 1 aliphatic heterocycles. The van der Waals surface area contributed by atoms with Crippen LogP contribution in [0, 0.1) is 11.8 Å². The van der Waals surface area contributed by atoms with E-state index in [4.69, 9.17) is 9.63 Å². The molecule has 0 aromatic carbocycles. The van der Waals surface area contributed by atoms with Gasteiger partial charge in [-0.3, -0.25) is 4.79 Å². The van der Waals surface area contributed by atoms with E-state index in [9.17, 15) is 4.79 Å². The summed E-state index contributed by atoms with van der Waals surface area (Å²) >= 11 is 0. The second-order valence-electron chi connectivity index (χ2n) is 9.22. The van der Waals surface area contributed by atoms with E-state index in [1.54, 1.807) is 12.3 Å². The second kappa shape index (κ2) is 9.61. The number of carbonyl (C=O) groups is 1. The Morgan fingerprint density at radius 3 is 2.82 bits per heavy atom. The largest absolute Gasteiger partial charge is 0.395 e. The van der Waals surface area contributed by atoms with Crippen LogP contribution in [0.25, 0.3) is 0 Å². The van der Waals surface area contributed by atoms with Crippen molar-refractivity contribution in [3.05, 3.63) is 59.0 Å². The molecule has 0 aliphatic carbocycles. The number of ketones is 1. The molecule has 0 amide bonds. The van der Waals surface area contributed by atoms with Gasteiger partial charge in [0.25, 0.3) is 0 Å². The SMILES string of the molecule is C[C@@H](CC(=O)c1cc(C#CCCO)ncn1)c1cc(C2=Nc3cnc(C(C)(C)C)nc3C2)no1. The first kappa shape index (κ1) is 23.4. The van der Waals surface area contributed by atoms with Crippen LogP contribution in [0.15, 0.2) is 34.2 Å². The van der Waals surface area contributed by atoms with E-state index in [0.717, 1.165) is 22.9 Å². The lowest BCUT2D eigenvalue weighted by Crippen LogP contribution is -2.16. The number of Topliss-reactive ketones (excluding diaryl/α,β-unsaturated/α-hetero) is 1. The molecular formula is C25H26N6O3. The average Bonchev–Trinajstić information content (AvgIpc) is 3.45. The van der Waals surface area contributed by atoms with Gasteiger partial charge in [-0.15, -0.1) is 0 Å². The van der Waals surface area contributed by atoms with Crippen molar-refractivity contribution in [3.8, 4) is 11.8 Å². The van der Waals surface area contributed by atoms with Crippen LogP contribution < -0.4 is 0 Å². The van der Waals surface area contributed by atoms with Crippen molar-refractivity contribution < 1.29 is 14.4 Å². The van der Waals surface area contributed by atoms with Gasteiger partial charge in [0, 0.05) is 42.7 Å². The molecule has 1 atom stereocenters. The highest BCUT2D eigenvalue weighted by atomic mass is 16.5. The number of aromatic nitrogens is 5. The minimum absolute atomic E-state index is 0.0234. The van der Waals surface area contributed by atoms with Crippen molar-refractivity contribution in [2.45, 2.75) is 58.3 Å². The molecule has 4 rings (SSSR count). The summed E-state index contributed by atoms with van der Waals surface area (Å²) in [5, 5.41) is 13.0. The summed E-state index contributed by atoms with van der Waals surface area (Å²) < 4.78 is 5.54. The lowest BCUT2D eigenvalue weighted by molar-refractivity contribution is 0.0966. The third kappa shape index (κ3) is 5.24. The Balaban J connectivity index is 1.43. The van der Waals surface area contributed by atoms with Gasteiger partial charge < -0.3 is 9.63 Å². The topological polar surface area (TPSA) is 127 Å². The predicted molar refractivity (Wildman–Crippen MR) is 125 cm³/mol. The summed E-state index contributed by atoms with van der Waals surface area (Å²) in [5.74, 6) is 6.63. The highest BCUT2D eigenvalue weighted by Gasteiger charge is 2.26. The first-order valence-electron chi connectivity index (χ1n) is 11.1. The van der Waals surface area contributed by atoms with Gasteiger partial charge in [-0.1, -0.05) is 38.8 Å². The molecule has 9 heteroatoms. The lowest BCUT2D eigenvalue weighted by atomic mass is 9.95. The van der Waals surface area contributed by atoms with Gasteiger partial charge in [0.15, 0.2) is 5.78 Å². The molecule has 174 valence electrons. The van der Waals surface area contributed by atoms with Gasteiger partial charge >= 0.3 is 0 Å². The number of nitrogens with zero attached hydrogens (tertiary/aromatic N) is 6. The standard InChI is InChI=1S/C25H26N6O3/c1-15(9-22(33)20-10-16(27-14-28-20)7-5-6-8-32)23-12-19(31-34-23)17-11-18-21(29-17)13-26-24(30-18)25(2,3)4/h10,12-15,32H,6,8-9,11H2,1-4H3/t15-/m0/s1. The number of hydrogen-bond acceptors (Lipinski definition) is 9. The Morgan fingerprint density at radius 1 is 1.24 bits per heavy atom. The molecule has 3 aromatic heterocycles. The van der Waals surface area contributed by atoms with Gasteiger partial charge in [0.1, 0.15) is 40.7 Å². The van der Waals surface area contributed by atoms with E-state index in [2.05, 4.69) is 62.7 Å². The Hall–Kier alpha value is -3.77. The molecule has 0 bridgehead atoms. The number of fused-ring (bicyclic) bond motifs is 1. The van der Waals surface area contributed by atoms with Crippen molar-refractivity contribution in [2.24, 2.45) is 4.99 Å². The normalized spacial score (nSPS) is 13.6. The maximum absolute atomic E-state index is 12.8. The Labute approximate surface area is 197 Å². The van der Waals surface area contributed by atoms with Crippen molar-refractivity contribution in [3.63, 3.8) is 0 Å². The Bertz CT molecular complexity index is 1310. The van der Waals surface area contributed by atoms with Crippen LogP contribution in [0.5, 0.6) is 0 Å². The van der Waals surface area contributed by atoms with Crippen LogP contribution >= 0.6 is 0 Å².